The number of carbonyl (C=O) groups excluding carboxylic acids is 1. The SMILES string of the molecule is CCOC(=O)[C@H]1CC[C@@H]2O[C@@H]2C1. The summed E-state index contributed by atoms with van der Waals surface area (Å²) in [6.07, 6.45) is 3.70. The summed E-state index contributed by atoms with van der Waals surface area (Å²) in [4.78, 5) is 11.3. The fraction of sp³-hybridized carbons (Fsp3) is 0.889. The van der Waals surface area contributed by atoms with Gasteiger partial charge in [0.1, 0.15) is 0 Å². The van der Waals surface area contributed by atoms with E-state index in [1.54, 1.807) is 0 Å². The van der Waals surface area contributed by atoms with E-state index < -0.39 is 0 Å². The van der Waals surface area contributed by atoms with Gasteiger partial charge in [-0.15, -0.1) is 0 Å². The Balaban J connectivity index is 1.83. The summed E-state index contributed by atoms with van der Waals surface area (Å²) in [5, 5.41) is 0. The van der Waals surface area contributed by atoms with Gasteiger partial charge in [-0.1, -0.05) is 0 Å². The molecule has 2 rings (SSSR count). The molecule has 0 amide bonds. The number of ether oxygens (including phenoxy) is 2. The lowest BCUT2D eigenvalue weighted by atomic mass is 9.89. The van der Waals surface area contributed by atoms with E-state index >= 15 is 0 Å². The van der Waals surface area contributed by atoms with E-state index in [-0.39, 0.29) is 11.9 Å². The Kier molecular flexibility index (Phi) is 2.05. The monoisotopic (exact) mass is 170 g/mol. The number of esters is 1. The molecule has 3 atom stereocenters. The summed E-state index contributed by atoms with van der Waals surface area (Å²) in [6, 6.07) is 0. The number of hydrogen-bond donors (Lipinski definition) is 0. The molecule has 0 spiro atoms. The molecule has 1 aliphatic carbocycles. The average molecular weight is 170 g/mol. The minimum Gasteiger partial charge on any atom is -0.466 e. The highest BCUT2D eigenvalue weighted by Gasteiger charge is 2.46. The van der Waals surface area contributed by atoms with Crippen LogP contribution in [0.25, 0.3) is 0 Å². The zero-order chi connectivity index (χ0) is 8.55. The van der Waals surface area contributed by atoms with Gasteiger partial charge in [0.25, 0.3) is 0 Å². The van der Waals surface area contributed by atoms with Crippen LogP contribution in [0.4, 0.5) is 0 Å². The molecule has 0 aromatic rings. The van der Waals surface area contributed by atoms with Crippen LogP contribution in [-0.4, -0.2) is 24.8 Å². The average Bonchev–Trinajstić information content (AvgIpc) is 2.81. The topological polar surface area (TPSA) is 38.8 Å². The van der Waals surface area contributed by atoms with Crippen LogP contribution >= 0.6 is 0 Å². The Hall–Kier alpha value is -0.570. The first-order chi connectivity index (χ1) is 5.81. The van der Waals surface area contributed by atoms with Crippen molar-refractivity contribution in [2.45, 2.75) is 38.4 Å². The van der Waals surface area contributed by atoms with Crippen molar-refractivity contribution in [2.75, 3.05) is 6.61 Å². The van der Waals surface area contributed by atoms with Gasteiger partial charge < -0.3 is 9.47 Å². The van der Waals surface area contributed by atoms with Crippen LogP contribution in [-0.2, 0) is 14.3 Å². The first-order valence-corrected chi connectivity index (χ1v) is 4.63. The van der Waals surface area contributed by atoms with Crippen molar-refractivity contribution in [2.24, 2.45) is 5.92 Å². The normalized spacial score (nSPS) is 38.6. The predicted molar refractivity (Wildman–Crippen MR) is 42.6 cm³/mol. The van der Waals surface area contributed by atoms with Crippen LogP contribution < -0.4 is 0 Å². The van der Waals surface area contributed by atoms with E-state index in [1.165, 1.54) is 0 Å². The standard InChI is InChI=1S/C9H14O3/c1-2-11-9(10)6-3-4-7-8(5-6)12-7/h6-8H,2-5H2,1H3/t6-,7-,8+/m0/s1. The fourth-order valence-electron chi connectivity index (χ4n) is 1.88. The minimum absolute atomic E-state index is 0.0357. The number of hydrogen-bond acceptors (Lipinski definition) is 3. The van der Waals surface area contributed by atoms with E-state index in [4.69, 9.17) is 9.47 Å². The molecule has 1 aliphatic heterocycles. The molecule has 0 aromatic heterocycles. The van der Waals surface area contributed by atoms with Crippen LogP contribution in [0.2, 0.25) is 0 Å². The highest BCUT2D eigenvalue weighted by atomic mass is 16.6. The van der Waals surface area contributed by atoms with E-state index in [0.717, 1.165) is 19.3 Å². The first-order valence-electron chi connectivity index (χ1n) is 4.63. The molecule has 1 saturated heterocycles. The van der Waals surface area contributed by atoms with E-state index in [9.17, 15) is 4.79 Å². The molecule has 12 heavy (non-hydrogen) atoms. The maximum Gasteiger partial charge on any atom is 0.309 e. The molecule has 0 N–H and O–H groups in total. The van der Waals surface area contributed by atoms with E-state index in [0.29, 0.717) is 18.8 Å². The molecule has 0 unspecified atom stereocenters. The van der Waals surface area contributed by atoms with E-state index in [1.807, 2.05) is 6.92 Å². The molecule has 0 bridgehead atoms. The summed E-state index contributed by atoms with van der Waals surface area (Å²) >= 11 is 0. The second kappa shape index (κ2) is 3.05. The maximum atomic E-state index is 11.3. The summed E-state index contributed by atoms with van der Waals surface area (Å²) in [5.41, 5.74) is 0. The van der Waals surface area contributed by atoms with Gasteiger partial charge in [-0.2, -0.15) is 0 Å². The van der Waals surface area contributed by atoms with Gasteiger partial charge in [-0.3, -0.25) is 4.79 Å². The van der Waals surface area contributed by atoms with Gasteiger partial charge in [-0.05, 0) is 26.2 Å². The second-order valence-electron chi connectivity index (χ2n) is 3.48. The van der Waals surface area contributed by atoms with Gasteiger partial charge >= 0.3 is 5.97 Å². The smallest absolute Gasteiger partial charge is 0.309 e. The second-order valence-corrected chi connectivity index (χ2v) is 3.48. The third-order valence-electron chi connectivity index (χ3n) is 2.62. The molecule has 68 valence electrons. The van der Waals surface area contributed by atoms with Crippen molar-refractivity contribution < 1.29 is 14.3 Å². The third-order valence-corrected chi connectivity index (χ3v) is 2.62. The number of carbonyl (C=O) groups is 1. The van der Waals surface area contributed by atoms with Crippen molar-refractivity contribution in [3.63, 3.8) is 0 Å². The molecule has 3 heteroatoms. The summed E-state index contributed by atoms with van der Waals surface area (Å²) in [5.74, 6) is 0.0696. The molecule has 2 fully saturated rings. The van der Waals surface area contributed by atoms with Crippen LogP contribution in [0.3, 0.4) is 0 Å². The van der Waals surface area contributed by atoms with Crippen LogP contribution in [0, 0.1) is 5.92 Å². The van der Waals surface area contributed by atoms with Gasteiger partial charge in [0.05, 0.1) is 24.7 Å². The molecular weight excluding hydrogens is 156 g/mol. The largest absolute Gasteiger partial charge is 0.466 e. The highest BCUT2D eigenvalue weighted by molar-refractivity contribution is 5.72. The zero-order valence-corrected chi connectivity index (χ0v) is 7.29. The molecule has 1 heterocycles. The lowest BCUT2D eigenvalue weighted by molar-refractivity contribution is -0.148. The Bertz CT molecular complexity index is 190. The summed E-state index contributed by atoms with van der Waals surface area (Å²) < 4.78 is 10.3. The van der Waals surface area contributed by atoms with Gasteiger partial charge in [0.2, 0.25) is 0 Å². The quantitative estimate of drug-likeness (QED) is 0.460. The Labute approximate surface area is 72.0 Å². The number of fused-ring (bicyclic) bond motifs is 1. The van der Waals surface area contributed by atoms with Crippen molar-refractivity contribution in [3.05, 3.63) is 0 Å². The molecular formula is C9H14O3. The summed E-state index contributed by atoms with van der Waals surface area (Å²) in [6.45, 7) is 2.33. The van der Waals surface area contributed by atoms with Gasteiger partial charge in [-0.25, -0.2) is 0 Å². The van der Waals surface area contributed by atoms with Crippen molar-refractivity contribution in [1.29, 1.82) is 0 Å². The lowest BCUT2D eigenvalue weighted by Crippen LogP contribution is -2.23. The van der Waals surface area contributed by atoms with Crippen LogP contribution in [0.1, 0.15) is 26.2 Å². The Morgan fingerprint density at radius 1 is 1.50 bits per heavy atom. The highest BCUT2D eigenvalue weighted by Crippen LogP contribution is 2.39. The predicted octanol–water partition coefficient (Wildman–Crippen LogP) is 1.12. The van der Waals surface area contributed by atoms with E-state index in [2.05, 4.69) is 0 Å². The van der Waals surface area contributed by atoms with Crippen LogP contribution in [0.15, 0.2) is 0 Å². The minimum atomic E-state index is -0.0357. The van der Waals surface area contributed by atoms with Crippen molar-refractivity contribution >= 4 is 5.97 Å². The Morgan fingerprint density at radius 2 is 2.33 bits per heavy atom. The Morgan fingerprint density at radius 3 is 3.00 bits per heavy atom. The number of epoxide rings is 1. The molecule has 1 saturated carbocycles. The number of rotatable bonds is 2. The lowest BCUT2D eigenvalue weighted by Gasteiger charge is -2.16. The zero-order valence-electron chi connectivity index (χ0n) is 7.29. The van der Waals surface area contributed by atoms with Crippen molar-refractivity contribution in [1.82, 2.24) is 0 Å². The molecule has 2 aliphatic rings. The third kappa shape index (κ3) is 1.46. The first kappa shape index (κ1) is 8.05. The summed E-state index contributed by atoms with van der Waals surface area (Å²) in [7, 11) is 0. The van der Waals surface area contributed by atoms with Gasteiger partial charge in [0.15, 0.2) is 0 Å². The fourth-order valence-corrected chi connectivity index (χ4v) is 1.88. The van der Waals surface area contributed by atoms with Crippen LogP contribution in [0.5, 0.6) is 0 Å². The molecule has 0 radical (unpaired) electrons. The maximum absolute atomic E-state index is 11.3. The van der Waals surface area contributed by atoms with Crippen molar-refractivity contribution in [3.8, 4) is 0 Å². The van der Waals surface area contributed by atoms with Gasteiger partial charge in [0, 0.05) is 0 Å². The molecule has 3 nitrogen and oxygen atoms in total. The molecule has 0 aromatic carbocycles.